The number of nitrogens with one attached hydrogen (secondary N) is 4. The number of ether oxygens (including phenoxy) is 2. The lowest BCUT2D eigenvalue weighted by molar-refractivity contribution is -0.136. The maximum Gasteiger partial charge on any atom is 0.407 e. The van der Waals surface area contributed by atoms with Crippen LogP contribution in [0.15, 0.2) is 54.9 Å². The van der Waals surface area contributed by atoms with Gasteiger partial charge in [-0.2, -0.15) is 0 Å². The SMILES string of the molecule is COC(=O)N[C@H](C(=O)N1CCC[C@H]1c1ncc(-c2ccc(N3Cc4cc(-c5cnc([C@@H]6CCCN6C(=O)[C@@H](NC(=O)OC)C(C)C)[nH]5)ccc4C3=O)cc2)[nH]1)C(C)C. The summed E-state index contributed by atoms with van der Waals surface area (Å²) in [6.45, 7) is 9.07. The van der Waals surface area contributed by atoms with Crippen LogP contribution < -0.4 is 15.5 Å². The minimum Gasteiger partial charge on any atom is -0.453 e. The second kappa shape index (κ2) is 16.7. The topological polar surface area (TPSA) is 195 Å². The molecule has 16 nitrogen and oxygen atoms in total. The largest absolute Gasteiger partial charge is 0.453 e. The summed E-state index contributed by atoms with van der Waals surface area (Å²) >= 11 is 0. The average molecular weight is 794 g/mol. The number of amides is 5. The minimum atomic E-state index is -0.719. The van der Waals surface area contributed by atoms with Crippen LogP contribution in [0.2, 0.25) is 0 Å². The van der Waals surface area contributed by atoms with E-state index in [0.717, 1.165) is 59.4 Å². The van der Waals surface area contributed by atoms with E-state index in [9.17, 15) is 24.0 Å². The molecule has 5 amide bonds. The average Bonchev–Trinajstić information content (AvgIpc) is 4.08. The predicted octanol–water partition coefficient (Wildman–Crippen LogP) is 5.72. The van der Waals surface area contributed by atoms with Gasteiger partial charge in [0.1, 0.15) is 23.7 Å². The Morgan fingerprint density at radius 1 is 0.724 bits per heavy atom. The molecule has 0 saturated carbocycles. The monoisotopic (exact) mass is 793 g/mol. The third-order valence-electron chi connectivity index (χ3n) is 11.4. The zero-order valence-corrected chi connectivity index (χ0v) is 33.7. The molecule has 7 rings (SSSR count). The van der Waals surface area contributed by atoms with Gasteiger partial charge in [-0.3, -0.25) is 14.4 Å². The van der Waals surface area contributed by atoms with Crippen molar-refractivity contribution in [1.82, 2.24) is 40.4 Å². The van der Waals surface area contributed by atoms with E-state index in [0.29, 0.717) is 36.8 Å². The molecule has 4 atom stereocenters. The van der Waals surface area contributed by atoms with Crippen molar-refractivity contribution in [3.8, 4) is 22.5 Å². The maximum absolute atomic E-state index is 13.6. The van der Waals surface area contributed by atoms with Crippen LogP contribution in [0.3, 0.4) is 0 Å². The van der Waals surface area contributed by atoms with Crippen LogP contribution >= 0.6 is 0 Å². The second-order valence-electron chi connectivity index (χ2n) is 15.8. The lowest BCUT2D eigenvalue weighted by Crippen LogP contribution is -2.51. The van der Waals surface area contributed by atoms with E-state index in [4.69, 9.17) is 9.47 Å². The van der Waals surface area contributed by atoms with Gasteiger partial charge in [-0.25, -0.2) is 19.6 Å². The van der Waals surface area contributed by atoms with Gasteiger partial charge < -0.3 is 44.8 Å². The number of imidazole rings is 2. The number of methoxy groups -OCH3 is 2. The predicted molar refractivity (Wildman–Crippen MR) is 214 cm³/mol. The Hall–Kier alpha value is -6.19. The Kier molecular flexibility index (Phi) is 11.5. The molecule has 4 N–H and O–H groups in total. The fraction of sp³-hybridized carbons (Fsp3) is 0.452. The number of fused-ring (bicyclic) bond motifs is 1. The van der Waals surface area contributed by atoms with E-state index in [-0.39, 0.29) is 41.6 Å². The summed E-state index contributed by atoms with van der Waals surface area (Å²) in [4.78, 5) is 86.2. The quantitative estimate of drug-likeness (QED) is 0.147. The molecule has 0 spiro atoms. The number of nitrogens with zero attached hydrogens (tertiary/aromatic N) is 5. The summed E-state index contributed by atoms with van der Waals surface area (Å²) in [6.07, 6.45) is 5.35. The number of benzene rings is 2. The number of carbonyl (C=O) groups is 5. The van der Waals surface area contributed by atoms with Crippen LogP contribution in [0.5, 0.6) is 0 Å². The molecule has 3 aliphatic heterocycles. The molecule has 58 heavy (non-hydrogen) atoms. The standard InChI is InChI=1S/C42H51N9O7/c1-23(2)34(47-41(55)57-5)39(53)49-17-7-9-32(49)36-43-20-30(45-36)25-11-14-28(15-12-25)51-22-27-19-26(13-16-29(27)38(51)52)31-21-44-37(46-31)33-10-8-18-50(33)40(54)35(24(3)4)48-42(56)58-6/h11-16,19-21,23-24,32-35H,7-10,17-18,22H2,1-6H3,(H,43,45)(H,44,46)(H,47,55)(H,48,56)/t32-,33-,34-,35-/m0/s1. The third-order valence-corrected chi connectivity index (χ3v) is 11.4. The number of aromatic nitrogens is 4. The van der Waals surface area contributed by atoms with Gasteiger partial charge in [-0.1, -0.05) is 45.9 Å². The third kappa shape index (κ3) is 7.87. The summed E-state index contributed by atoms with van der Waals surface area (Å²) in [6, 6.07) is 11.5. The number of anilines is 1. The Balaban J connectivity index is 1.02. The number of hydrogen-bond donors (Lipinski definition) is 4. The first-order valence-corrected chi connectivity index (χ1v) is 19.8. The molecule has 0 aliphatic carbocycles. The van der Waals surface area contributed by atoms with Crippen molar-refractivity contribution in [2.45, 2.75) is 84.1 Å². The molecule has 3 aliphatic rings. The van der Waals surface area contributed by atoms with Gasteiger partial charge in [-0.15, -0.1) is 0 Å². The molecule has 2 aromatic heterocycles. The first-order chi connectivity index (χ1) is 27.9. The van der Waals surface area contributed by atoms with Crippen molar-refractivity contribution in [3.63, 3.8) is 0 Å². The van der Waals surface area contributed by atoms with Gasteiger partial charge in [0.15, 0.2) is 0 Å². The fourth-order valence-electron chi connectivity index (χ4n) is 8.21. The second-order valence-corrected chi connectivity index (χ2v) is 15.8. The summed E-state index contributed by atoms with van der Waals surface area (Å²) in [5, 5.41) is 5.36. The number of H-pyrrole nitrogens is 2. The van der Waals surface area contributed by atoms with Crippen molar-refractivity contribution in [3.05, 3.63) is 77.6 Å². The molecule has 0 radical (unpaired) electrons. The van der Waals surface area contributed by atoms with E-state index in [1.807, 2.05) is 70.2 Å². The van der Waals surface area contributed by atoms with E-state index >= 15 is 0 Å². The van der Waals surface area contributed by atoms with Crippen molar-refractivity contribution >= 4 is 35.6 Å². The smallest absolute Gasteiger partial charge is 0.407 e. The van der Waals surface area contributed by atoms with Crippen molar-refractivity contribution < 1.29 is 33.4 Å². The van der Waals surface area contributed by atoms with Gasteiger partial charge in [0.2, 0.25) is 11.8 Å². The van der Waals surface area contributed by atoms with Crippen molar-refractivity contribution in [2.24, 2.45) is 11.8 Å². The number of hydrogen-bond acceptors (Lipinski definition) is 9. The van der Waals surface area contributed by atoms with E-state index < -0.39 is 24.3 Å². The van der Waals surface area contributed by atoms with Gasteiger partial charge in [0.05, 0.1) is 56.6 Å². The molecule has 0 bridgehead atoms. The van der Waals surface area contributed by atoms with E-state index in [1.165, 1.54) is 14.2 Å². The molecular formula is C42H51N9O7. The van der Waals surface area contributed by atoms with E-state index in [1.54, 1.807) is 27.1 Å². The molecule has 2 aromatic carbocycles. The number of carbonyl (C=O) groups excluding carboxylic acids is 5. The maximum atomic E-state index is 13.6. The molecule has 16 heteroatoms. The normalized spacial score (nSPS) is 18.8. The highest BCUT2D eigenvalue weighted by molar-refractivity contribution is 6.10. The van der Waals surface area contributed by atoms with Crippen LogP contribution in [0.25, 0.3) is 22.5 Å². The number of likely N-dealkylation sites (tertiary alicyclic amines) is 2. The zero-order chi connectivity index (χ0) is 41.2. The van der Waals surface area contributed by atoms with Crippen molar-refractivity contribution in [2.75, 3.05) is 32.2 Å². The summed E-state index contributed by atoms with van der Waals surface area (Å²) in [5.41, 5.74) is 5.61. The highest BCUT2D eigenvalue weighted by atomic mass is 16.5. The summed E-state index contributed by atoms with van der Waals surface area (Å²) in [7, 11) is 2.55. The van der Waals surface area contributed by atoms with Crippen LogP contribution in [0.1, 0.15) is 93.0 Å². The number of alkyl carbamates (subject to hydrolysis) is 2. The minimum absolute atomic E-state index is 0.0869. The van der Waals surface area contributed by atoms with Gasteiger partial charge in [0.25, 0.3) is 5.91 Å². The van der Waals surface area contributed by atoms with Gasteiger partial charge >= 0.3 is 12.2 Å². The molecule has 4 aromatic rings. The van der Waals surface area contributed by atoms with Gasteiger partial charge in [0, 0.05) is 24.3 Å². The molecule has 306 valence electrons. The van der Waals surface area contributed by atoms with Gasteiger partial charge in [-0.05, 0) is 78.5 Å². The Morgan fingerprint density at radius 3 is 1.69 bits per heavy atom. The summed E-state index contributed by atoms with van der Waals surface area (Å²) in [5.74, 6) is 0.666. The number of aromatic amines is 2. The van der Waals surface area contributed by atoms with Crippen LogP contribution in [0.4, 0.5) is 15.3 Å². The van der Waals surface area contributed by atoms with Crippen LogP contribution in [0, 0.1) is 11.8 Å². The first kappa shape index (κ1) is 40.0. The first-order valence-electron chi connectivity index (χ1n) is 19.8. The van der Waals surface area contributed by atoms with Crippen molar-refractivity contribution in [1.29, 1.82) is 0 Å². The van der Waals surface area contributed by atoms with Crippen LogP contribution in [-0.4, -0.2) is 99.0 Å². The molecule has 2 saturated heterocycles. The molecule has 2 fully saturated rings. The lowest BCUT2D eigenvalue weighted by Gasteiger charge is -2.30. The summed E-state index contributed by atoms with van der Waals surface area (Å²) < 4.78 is 9.51. The van der Waals surface area contributed by atoms with Crippen LogP contribution in [-0.2, 0) is 25.6 Å². The molecule has 5 heterocycles. The molecule has 0 unspecified atom stereocenters. The Morgan fingerprint density at radius 2 is 1.21 bits per heavy atom. The number of rotatable bonds is 11. The fourth-order valence-corrected chi connectivity index (χ4v) is 8.21. The Bertz CT molecular complexity index is 2180. The molecular weight excluding hydrogens is 743 g/mol. The Labute approximate surface area is 337 Å². The zero-order valence-electron chi connectivity index (χ0n) is 33.7. The van der Waals surface area contributed by atoms with E-state index in [2.05, 4.69) is 30.6 Å². The highest BCUT2D eigenvalue weighted by Crippen LogP contribution is 2.36. The lowest BCUT2D eigenvalue weighted by atomic mass is 10.0. The highest BCUT2D eigenvalue weighted by Gasteiger charge is 2.39.